The molecule has 1 atom stereocenters. The molecule has 0 fully saturated rings. The molecule has 2 rings (SSSR count). The molecular weight excluding hydrogens is 289 g/mol. The quantitative estimate of drug-likeness (QED) is 0.723. The van der Waals surface area contributed by atoms with Crippen LogP contribution >= 0.6 is 23.2 Å². The van der Waals surface area contributed by atoms with E-state index in [2.05, 4.69) is 45.1 Å². The summed E-state index contributed by atoms with van der Waals surface area (Å²) in [4.78, 5) is 0. The first-order valence-corrected chi connectivity index (χ1v) is 7.44. The Kier molecular flexibility index (Phi) is 4.62. The summed E-state index contributed by atoms with van der Waals surface area (Å²) in [5.74, 6) is 0. The minimum atomic E-state index is 0.145. The molecule has 0 aromatic heterocycles. The van der Waals surface area contributed by atoms with E-state index in [0.717, 1.165) is 5.69 Å². The molecule has 0 bridgehead atoms. The number of nitrogens with one attached hydrogen (secondary N) is 1. The van der Waals surface area contributed by atoms with Gasteiger partial charge in [-0.25, -0.2) is 0 Å². The fourth-order valence-electron chi connectivity index (χ4n) is 2.38. The highest BCUT2D eigenvalue weighted by atomic mass is 35.5. The summed E-state index contributed by atoms with van der Waals surface area (Å²) >= 11 is 12.4. The SMILES string of the molecule is Cc1cc(C)c(C(C)Nc2c(Cl)cccc2Cl)cc1C. The maximum absolute atomic E-state index is 6.21. The van der Waals surface area contributed by atoms with Crippen molar-refractivity contribution in [3.8, 4) is 0 Å². The Balaban J connectivity index is 2.33. The molecule has 1 nitrogen and oxygen atoms in total. The van der Waals surface area contributed by atoms with Crippen molar-refractivity contribution in [2.45, 2.75) is 33.7 Å². The predicted octanol–water partition coefficient (Wildman–Crippen LogP) is 6.09. The largest absolute Gasteiger partial charge is 0.376 e. The summed E-state index contributed by atoms with van der Waals surface area (Å²) in [6.45, 7) is 8.52. The van der Waals surface area contributed by atoms with E-state index in [9.17, 15) is 0 Å². The first kappa shape index (κ1) is 15.2. The van der Waals surface area contributed by atoms with E-state index < -0.39 is 0 Å². The van der Waals surface area contributed by atoms with Crippen LogP contribution in [0.1, 0.15) is 35.2 Å². The second-order valence-corrected chi connectivity index (χ2v) is 6.07. The molecule has 0 spiro atoms. The molecule has 2 aromatic rings. The van der Waals surface area contributed by atoms with Crippen molar-refractivity contribution < 1.29 is 0 Å². The van der Waals surface area contributed by atoms with Crippen LogP contribution in [0.3, 0.4) is 0 Å². The van der Waals surface area contributed by atoms with Crippen LogP contribution < -0.4 is 5.32 Å². The van der Waals surface area contributed by atoms with Crippen molar-refractivity contribution in [1.29, 1.82) is 0 Å². The lowest BCUT2D eigenvalue weighted by Gasteiger charge is -2.21. The molecular formula is C17H19Cl2N. The predicted molar refractivity (Wildman–Crippen MR) is 89.2 cm³/mol. The minimum Gasteiger partial charge on any atom is -0.376 e. The van der Waals surface area contributed by atoms with Gasteiger partial charge in [0.15, 0.2) is 0 Å². The van der Waals surface area contributed by atoms with E-state index in [1.54, 1.807) is 0 Å². The van der Waals surface area contributed by atoms with Crippen LogP contribution in [0.15, 0.2) is 30.3 Å². The van der Waals surface area contributed by atoms with Gasteiger partial charge >= 0.3 is 0 Å². The van der Waals surface area contributed by atoms with Crippen molar-refractivity contribution in [2.75, 3.05) is 5.32 Å². The first-order chi connectivity index (χ1) is 9.40. The fraction of sp³-hybridized carbons (Fsp3) is 0.294. The molecule has 1 N–H and O–H groups in total. The van der Waals surface area contributed by atoms with Gasteiger partial charge < -0.3 is 5.32 Å². The smallest absolute Gasteiger partial charge is 0.0723 e. The molecule has 1 unspecified atom stereocenters. The lowest BCUT2D eigenvalue weighted by molar-refractivity contribution is 0.871. The zero-order valence-electron chi connectivity index (χ0n) is 12.2. The first-order valence-electron chi connectivity index (χ1n) is 6.68. The normalized spacial score (nSPS) is 12.3. The standard InChI is InChI=1S/C17H19Cl2N/c1-10-8-12(3)14(9-11(10)2)13(4)20-17-15(18)6-5-7-16(17)19/h5-9,13,20H,1-4H3. The van der Waals surface area contributed by atoms with Gasteiger partial charge in [0.25, 0.3) is 0 Å². The maximum atomic E-state index is 6.21. The number of hydrogen-bond donors (Lipinski definition) is 1. The van der Waals surface area contributed by atoms with Gasteiger partial charge in [-0.05, 0) is 62.1 Å². The molecule has 2 aromatic carbocycles. The second-order valence-electron chi connectivity index (χ2n) is 5.26. The molecule has 0 aliphatic carbocycles. The number of aryl methyl sites for hydroxylation is 3. The lowest BCUT2D eigenvalue weighted by atomic mass is 9.96. The number of anilines is 1. The Hall–Kier alpha value is -1.18. The van der Waals surface area contributed by atoms with Crippen LogP contribution in [0.4, 0.5) is 5.69 Å². The van der Waals surface area contributed by atoms with Crippen molar-refractivity contribution in [1.82, 2.24) is 0 Å². The van der Waals surface area contributed by atoms with E-state index in [1.165, 1.54) is 22.3 Å². The third-order valence-corrected chi connectivity index (χ3v) is 4.30. The van der Waals surface area contributed by atoms with Crippen molar-refractivity contribution in [3.63, 3.8) is 0 Å². The van der Waals surface area contributed by atoms with E-state index in [-0.39, 0.29) is 6.04 Å². The summed E-state index contributed by atoms with van der Waals surface area (Å²) in [6.07, 6.45) is 0. The Morgan fingerprint density at radius 1 is 0.900 bits per heavy atom. The van der Waals surface area contributed by atoms with Gasteiger partial charge in [-0.1, -0.05) is 41.4 Å². The summed E-state index contributed by atoms with van der Waals surface area (Å²) in [7, 11) is 0. The highest BCUT2D eigenvalue weighted by Gasteiger charge is 2.13. The van der Waals surface area contributed by atoms with Crippen molar-refractivity contribution in [3.05, 3.63) is 62.6 Å². The van der Waals surface area contributed by atoms with Crippen molar-refractivity contribution in [2.24, 2.45) is 0 Å². The molecule has 0 saturated carbocycles. The number of halogens is 2. The Bertz CT molecular complexity index is 615. The van der Waals surface area contributed by atoms with Crippen LogP contribution in [0.2, 0.25) is 10.0 Å². The van der Waals surface area contributed by atoms with Gasteiger partial charge in [-0.3, -0.25) is 0 Å². The van der Waals surface area contributed by atoms with Crippen LogP contribution in [0.25, 0.3) is 0 Å². The van der Waals surface area contributed by atoms with Crippen LogP contribution in [-0.2, 0) is 0 Å². The van der Waals surface area contributed by atoms with Gasteiger partial charge in [0.05, 0.1) is 15.7 Å². The molecule has 3 heteroatoms. The van der Waals surface area contributed by atoms with E-state index >= 15 is 0 Å². The highest BCUT2D eigenvalue weighted by Crippen LogP contribution is 2.33. The average Bonchev–Trinajstić information content (AvgIpc) is 2.38. The van der Waals surface area contributed by atoms with Crippen LogP contribution in [-0.4, -0.2) is 0 Å². The highest BCUT2D eigenvalue weighted by molar-refractivity contribution is 6.39. The summed E-state index contributed by atoms with van der Waals surface area (Å²) in [5, 5.41) is 4.71. The zero-order valence-corrected chi connectivity index (χ0v) is 13.7. The zero-order chi connectivity index (χ0) is 14.9. The Morgan fingerprint density at radius 3 is 2.05 bits per heavy atom. The summed E-state index contributed by atoms with van der Waals surface area (Å²) in [5.41, 5.74) is 5.94. The van der Waals surface area contributed by atoms with Gasteiger partial charge in [0, 0.05) is 6.04 Å². The number of para-hydroxylation sites is 1. The third-order valence-electron chi connectivity index (χ3n) is 3.67. The van der Waals surface area contributed by atoms with E-state index in [4.69, 9.17) is 23.2 Å². The molecule has 20 heavy (non-hydrogen) atoms. The van der Waals surface area contributed by atoms with Gasteiger partial charge in [-0.15, -0.1) is 0 Å². The fourth-order valence-corrected chi connectivity index (χ4v) is 2.89. The van der Waals surface area contributed by atoms with Crippen molar-refractivity contribution >= 4 is 28.9 Å². The average molecular weight is 308 g/mol. The monoisotopic (exact) mass is 307 g/mol. The minimum absolute atomic E-state index is 0.145. The Labute approximate surface area is 130 Å². The second kappa shape index (κ2) is 6.07. The summed E-state index contributed by atoms with van der Waals surface area (Å²) in [6, 6.07) is 10.1. The van der Waals surface area contributed by atoms with Crippen LogP contribution in [0, 0.1) is 20.8 Å². The number of benzene rings is 2. The van der Waals surface area contributed by atoms with Gasteiger partial charge in [0.1, 0.15) is 0 Å². The molecule has 0 aliphatic heterocycles. The van der Waals surface area contributed by atoms with Gasteiger partial charge in [-0.2, -0.15) is 0 Å². The molecule has 0 aliphatic rings. The maximum Gasteiger partial charge on any atom is 0.0723 e. The number of hydrogen-bond acceptors (Lipinski definition) is 1. The topological polar surface area (TPSA) is 12.0 Å². The molecule has 0 heterocycles. The molecule has 0 amide bonds. The van der Waals surface area contributed by atoms with E-state index in [1.807, 2.05) is 18.2 Å². The van der Waals surface area contributed by atoms with E-state index in [0.29, 0.717) is 10.0 Å². The number of rotatable bonds is 3. The third kappa shape index (κ3) is 3.11. The lowest BCUT2D eigenvalue weighted by Crippen LogP contribution is -2.09. The molecule has 0 saturated heterocycles. The Morgan fingerprint density at radius 2 is 1.45 bits per heavy atom. The van der Waals surface area contributed by atoms with Crippen LogP contribution in [0.5, 0.6) is 0 Å². The van der Waals surface area contributed by atoms with Gasteiger partial charge in [0.2, 0.25) is 0 Å². The molecule has 0 radical (unpaired) electrons. The molecule has 106 valence electrons. The summed E-state index contributed by atoms with van der Waals surface area (Å²) < 4.78 is 0.